The van der Waals surface area contributed by atoms with Crippen LogP contribution < -0.4 is 0 Å². The average molecular weight is 291 g/mol. The Bertz CT molecular complexity index is 536. The number of carbonyl (C=O) groups excluding carboxylic acids is 1. The van der Waals surface area contributed by atoms with Crippen LogP contribution in [0.1, 0.15) is 23.2 Å². The number of carbonyl (C=O) groups is 1. The van der Waals surface area contributed by atoms with Gasteiger partial charge in [-0.3, -0.25) is 0 Å². The summed E-state index contributed by atoms with van der Waals surface area (Å²) in [4.78, 5) is 13.6. The van der Waals surface area contributed by atoms with Gasteiger partial charge in [-0.25, -0.2) is 22.4 Å². The monoisotopic (exact) mass is 291 g/mol. The van der Waals surface area contributed by atoms with Crippen molar-refractivity contribution in [1.29, 1.82) is 0 Å². The number of hydrogen-bond donors (Lipinski definition) is 0. The lowest BCUT2D eigenvalue weighted by atomic mass is 10.1. The molecule has 0 spiro atoms. The van der Waals surface area contributed by atoms with Crippen LogP contribution in [0, 0.1) is 23.3 Å². The molecule has 1 heterocycles. The molecule has 20 heavy (non-hydrogen) atoms. The number of halogens is 4. The Balaban J connectivity index is 2.17. The van der Waals surface area contributed by atoms with Crippen LogP contribution in [0.5, 0.6) is 0 Å². The molecule has 0 N–H and O–H groups in total. The molecule has 1 aromatic rings. The summed E-state index contributed by atoms with van der Waals surface area (Å²) in [7, 11) is 1.83. The number of rotatable bonds is 2. The molecule has 7 heteroatoms. The van der Waals surface area contributed by atoms with Crippen LogP contribution in [0.15, 0.2) is 6.07 Å². The summed E-state index contributed by atoms with van der Waals surface area (Å²) >= 11 is 0. The van der Waals surface area contributed by atoms with E-state index in [1.165, 1.54) is 0 Å². The smallest absolute Gasteiger partial charge is 0.341 e. The van der Waals surface area contributed by atoms with E-state index in [4.69, 9.17) is 4.74 Å². The first-order chi connectivity index (χ1) is 9.40. The highest BCUT2D eigenvalue weighted by atomic mass is 19.2. The third kappa shape index (κ3) is 2.92. The van der Waals surface area contributed by atoms with Crippen molar-refractivity contribution in [2.75, 3.05) is 20.1 Å². The van der Waals surface area contributed by atoms with Crippen molar-refractivity contribution in [3.8, 4) is 0 Å². The molecule has 1 atom stereocenters. The molecule has 1 fully saturated rings. The number of hydrogen-bond acceptors (Lipinski definition) is 3. The van der Waals surface area contributed by atoms with Crippen molar-refractivity contribution in [3.05, 3.63) is 34.9 Å². The van der Waals surface area contributed by atoms with Crippen LogP contribution in [-0.4, -0.2) is 37.1 Å². The Morgan fingerprint density at radius 1 is 1.25 bits per heavy atom. The molecule has 0 radical (unpaired) electrons. The third-order valence-corrected chi connectivity index (χ3v) is 3.18. The zero-order valence-electron chi connectivity index (χ0n) is 10.8. The first-order valence-corrected chi connectivity index (χ1v) is 6.12. The second-order valence-electron chi connectivity index (χ2n) is 4.78. The van der Waals surface area contributed by atoms with Gasteiger partial charge in [0.05, 0.1) is 0 Å². The minimum atomic E-state index is -2.02. The first-order valence-electron chi connectivity index (χ1n) is 6.12. The van der Waals surface area contributed by atoms with Gasteiger partial charge in [-0.1, -0.05) is 0 Å². The summed E-state index contributed by atoms with van der Waals surface area (Å²) in [5.74, 6) is -8.52. The topological polar surface area (TPSA) is 29.5 Å². The van der Waals surface area contributed by atoms with Gasteiger partial charge in [0.2, 0.25) is 0 Å². The quantitative estimate of drug-likeness (QED) is 0.363. The molecule has 0 amide bonds. The molecular weight excluding hydrogens is 278 g/mol. The highest BCUT2D eigenvalue weighted by Gasteiger charge is 2.27. The van der Waals surface area contributed by atoms with E-state index in [1.807, 2.05) is 11.9 Å². The summed E-state index contributed by atoms with van der Waals surface area (Å²) in [6.45, 7) is 1.31. The maximum absolute atomic E-state index is 13.4. The van der Waals surface area contributed by atoms with Gasteiger partial charge in [0, 0.05) is 6.54 Å². The SMILES string of the molecule is CN1CCCC(OC(=O)c2cc(F)c(F)c(F)c2F)C1. The number of likely N-dealkylation sites (N-methyl/N-ethyl adjacent to an activating group) is 1. The van der Waals surface area contributed by atoms with Gasteiger partial charge in [0.1, 0.15) is 11.7 Å². The van der Waals surface area contributed by atoms with Gasteiger partial charge >= 0.3 is 5.97 Å². The highest BCUT2D eigenvalue weighted by Crippen LogP contribution is 2.21. The van der Waals surface area contributed by atoms with Crippen molar-refractivity contribution >= 4 is 5.97 Å². The maximum atomic E-state index is 13.4. The normalized spacial score (nSPS) is 19.9. The molecule has 0 aromatic heterocycles. The molecule has 0 bridgehead atoms. The Labute approximate surface area is 113 Å². The van der Waals surface area contributed by atoms with Gasteiger partial charge in [-0.15, -0.1) is 0 Å². The van der Waals surface area contributed by atoms with E-state index in [0.29, 0.717) is 19.0 Å². The van der Waals surface area contributed by atoms with E-state index >= 15 is 0 Å². The van der Waals surface area contributed by atoms with E-state index in [0.717, 1.165) is 13.0 Å². The minimum Gasteiger partial charge on any atom is -0.457 e. The summed E-state index contributed by atoms with van der Waals surface area (Å²) in [6, 6.07) is 0.308. The van der Waals surface area contributed by atoms with E-state index in [9.17, 15) is 22.4 Å². The predicted molar refractivity (Wildman–Crippen MR) is 62.2 cm³/mol. The average Bonchev–Trinajstić information content (AvgIpc) is 2.40. The lowest BCUT2D eigenvalue weighted by molar-refractivity contribution is 0.0102. The fourth-order valence-electron chi connectivity index (χ4n) is 2.15. The molecule has 0 aliphatic carbocycles. The lowest BCUT2D eigenvalue weighted by Crippen LogP contribution is -2.38. The predicted octanol–water partition coefficient (Wildman–Crippen LogP) is 2.49. The molecule has 1 aliphatic rings. The molecule has 0 saturated carbocycles. The summed E-state index contributed by atoms with van der Waals surface area (Å²) in [6.07, 6.45) is 0.907. The number of esters is 1. The summed E-state index contributed by atoms with van der Waals surface area (Å²) in [5, 5.41) is 0. The van der Waals surface area contributed by atoms with Crippen LogP contribution in [0.4, 0.5) is 17.6 Å². The Morgan fingerprint density at radius 2 is 1.95 bits per heavy atom. The van der Waals surface area contributed by atoms with Crippen molar-refractivity contribution in [2.45, 2.75) is 18.9 Å². The van der Waals surface area contributed by atoms with Crippen molar-refractivity contribution in [2.24, 2.45) is 0 Å². The number of piperidine rings is 1. The van der Waals surface area contributed by atoms with Gasteiger partial charge in [-0.2, -0.15) is 0 Å². The van der Waals surface area contributed by atoms with Gasteiger partial charge in [-0.05, 0) is 32.5 Å². The van der Waals surface area contributed by atoms with E-state index in [-0.39, 0.29) is 0 Å². The van der Waals surface area contributed by atoms with Crippen molar-refractivity contribution in [3.63, 3.8) is 0 Å². The zero-order valence-corrected chi connectivity index (χ0v) is 10.8. The van der Waals surface area contributed by atoms with Crippen LogP contribution in [0.3, 0.4) is 0 Å². The van der Waals surface area contributed by atoms with Crippen LogP contribution >= 0.6 is 0 Å². The maximum Gasteiger partial charge on any atom is 0.341 e. The Morgan fingerprint density at radius 3 is 2.60 bits per heavy atom. The lowest BCUT2D eigenvalue weighted by Gasteiger charge is -2.29. The molecule has 1 aliphatic heterocycles. The Kier molecular flexibility index (Phi) is 4.27. The molecule has 1 aromatic carbocycles. The second kappa shape index (κ2) is 5.78. The van der Waals surface area contributed by atoms with Crippen LogP contribution in [0.2, 0.25) is 0 Å². The van der Waals surface area contributed by atoms with Gasteiger partial charge < -0.3 is 9.64 Å². The minimum absolute atomic E-state index is 0.308. The standard InChI is InChI=1S/C13H13F4NO2/c1-18-4-2-3-7(6-18)20-13(19)8-5-9(14)11(16)12(17)10(8)15/h5,7H,2-4,6H2,1H3. The van der Waals surface area contributed by atoms with Crippen molar-refractivity contribution < 1.29 is 27.1 Å². The van der Waals surface area contributed by atoms with E-state index in [2.05, 4.69) is 0 Å². The molecule has 3 nitrogen and oxygen atoms in total. The number of likely N-dealkylation sites (tertiary alicyclic amines) is 1. The molecule has 2 rings (SSSR count). The third-order valence-electron chi connectivity index (χ3n) is 3.18. The summed E-state index contributed by atoms with van der Waals surface area (Å²) < 4.78 is 57.3. The highest BCUT2D eigenvalue weighted by molar-refractivity contribution is 5.89. The van der Waals surface area contributed by atoms with Gasteiger partial charge in [0.25, 0.3) is 0 Å². The fraction of sp³-hybridized carbons (Fsp3) is 0.462. The van der Waals surface area contributed by atoms with Gasteiger partial charge in [0.15, 0.2) is 23.3 Å². The number of nitrogens with zero attached hydrogens (tertiary/aromatic N) is 1. The molecule has 1 saturated heterocycles. The number of ether oxygens (including phenoxy) is 1. The number of benzene rings is 1. The zero-order chi connectivity index (χ0) is 14.9. The molecule has 110 valence electrons. The second-order valence-corrected chi connectivity index (χ2v) is 4.78. The summed E-state index contributed by atoms with van der Waals surface area (Å²) in [5.41, 5.74) is -0.936. The van der Waals surface area contributed by atoms with Crippen molar-refractivity contribution in [1.82, 2.24) is 4.90 Å². The largest absolute Gasteiger partial charge is 0.457 e. The Hall–Kier alpha value is -1.63. The van der Waals surface area contributed by atoms with Crippen LogP contribution in [0.25, 0.3) is 0 Å². The molecule has 1 unspecified atom stereocenters. The molecular formula is C13H13F4NO2. The van der Waals surface area contributed by atoms with E-state index in [1.54, 1.807) is 0 Å². The van der Waals surface area contributed by atoms with E-state index < -0.39 is 40.9 Å². The van der Waals surface area contributed by atoms with Crippen LogP contribution in [-0.2, 0) is 4.74 Å². The fourth-order valence-corrected chi connectivity index (χ4v) is 2.15. The first kappa shape index (κ1) is 14.8.